The Kier molecular flexibility index (Phi) is 2.51. The van der Waals surface area contributed by atoms with Gasteiger partial charge >= 0.3 is 0 Å². The molecule has 0 spiro atoms. The van der Waals surface area contributed by atoms with Crippen LogP contribution in [0.15, 0.2) is 0 Å². The summed E-state index contributed by atoms with van der Waals surface area (Å²) in [7, 11) is -3.36. The first-order chi connectivity index (χ1) is 5.71. The maximum atomic E-state index is 11.2. The Bertz CT molecular complexity index is 313. The summed E-state index contributed by atoms with van der Waals surface area (Å²) in [4.78, 5) is 11.1. The van der Waals surface area contributed by atoms with Crippen molar-refractivity contribution in [2.75, 3.05) is 5.75 Å². The molecule has 1 unspecified atom stereocenters. The fourth-order valence-corrected chi connectivity index (χ4v) is 2.78. The number of hydrogen-bond donors (Lipinski definition) is 1. The highest BCUT2D eigenvalue weighted by atomic mass is 32.2. The van der Waals surface area contributed by atoms with Crippen LogP contribution in [0, 0.1) is 5.41 Å². The lowest BCUT2D eigenvalue weighted by molar-refractivity contribution is -0.118. The van der Waals surface area contributed by atoms with E-state index in [0.717, 1.165) is 0 Å². The zero-order chi connectivity index (χ0) is 10.3. The second kappa shape index (κ2) is 3.06. The van der Waals surface area contributed by atoms with Crippen LogP contribution in [0.4, 0.5) is 0 Å². The van der Waals surface area contributed by atoms with Crippen LogP contribution >= 0.6 is 0 Å². The number of carbonyl (C=O) groups excluding carboxylic acids is 1. The van der Waals surface area contributed by atoms with E-state index in [2.05, 4.69) is 4.72 Å². The Labute approximate surface area is 78.8 Å². The minimum atomic E-state index is -3.36. The van der Waals surface area contributed by atoms with Crippen LogP contribution in [-0.4, -0.2) is 26.0 Å². The van der Waals surface area contributed by atoms with Crippen LogP contribution in [-0.2, 0) is 14.8 Å². The highest BCUT2D eigenvalue weighted by Crippen LogP contribution is 2.25. The summed E-state index contributed by atoms with van der Waals surface area (Å²) in [6, 6.07) is -0.265. The average molecular weight is 205 g/mol. The van der Waals surface area contributed by atoms with E-state index in [1.165, 1.54) is 0 Å². The van der Waals surface area contributed by atoms with Crippen LogP contribution in [0.3, 0.4) is 0 Å². The zero-order valence-electron chi connectivity index (χ0n) is 8.12. The molecule has 1 atom stereocenters. The molecule has 0 saturated carbocycles. The van der Waals surface area contributed by atoms with Crippen LogP contribution in [0.5, 0.6) is 0 Å². The van der Waals surface area contributed by atoms with E-state index in [4.69, 9.17) is 0 Å². The molecule has 0 aromatic rings. The Morgan fingerprint density at radius 1 is 1.38 bits per heavy atom. The van der Waals surface area contributed by atoms with Crippen molar-refractivity contribution in [3.8, 4) is 0 Å². The molecule has 1 saturated heterocycles. The van der Waals surface area contributed by atoms with Crippen molar-refractivity contribution in [1.82, 2.24) is 4.72 Å². The summed E-state index contributed by atoms with van der Waals surface area (Å²) in [5.74, 6) is -0.557. The number of Topliss-reactive ketones (excluding diaryl/α,β-unsaturated/α-hetero) is 1. The third-order valence-corrected chi connectivity index (χ3v) is 3.50. The van der Waals surface area contributed by atoms with Crippen molar-refractivity contribution < 1.29 is 13.2 Å². The lowest BCUT2D eigenvalue weighted by atomic mass is 9.84. The molecule has 0 radical (unpaired) electrons. The second-order valence-corrected chi connectivity index (χ2v) is 6.29. The molecule has 1 heterocycles. The maximum absolute atomic E-state index is 11.2. The second-order valence-electron chi connectivity index (χ2n) is 4.54. The van der Waals surface area contributed by atoms with E-state index in [0.29, 0.717) is 6.42 Å². The predicted octanol–water partition coefficient (Wildman–Crippen LogP) is 0.293. The van der Waals surface area contributed by atoms with Crippen LogP contribution in [0.2, 0.25) is 0 Å². The molecule has 1 aliphatic heterocycles. The molecule has 1 aliphatic rings. The van der Waals surface area contributed by atoms with Gasteiger partial charge in [-0.1, -0.05) is 20.8 Å². The molecule has 0 aliphatic carbocycles. The van der Waals surface area contributed by atoms with Crippen molar-refractivity contribution in [3.05, 3.63) is 0 Å². The first kappa shape index (κ1) is 10.7. The summed E-state index contributed by atoms with van der Waals surface area (Å²) < 4.78 is 24.9. The zero-order valence-corrected chi connectivity index (χ0v) is 8.94. The number of hydrogen-bond acceptors (Lipinski definition) is 3. The molecule has 1 rings (SSSR count). The molecule has 76 valence electrons. The number of sulfonamides is 1. The number of carbonyl (C=O) groups is 1. The van der Waals surface area contributed by atoms with Crippen LogP contribution in [0.1, 0.15) is 27.2 Å². The quantitative estimate of drug-likeness (QED) is 0.618. The third kappa shape index (κ3) is 2.77. The minimum Gasteiger partial charge on any atom is -0.298 e. The van der Waals surface area contributed by atoms with Crippen molar-refractivity contribution in [3.63, 3.8) is 0 Å². The summed E-state index contributed by atoms with van der Waals surface area (Å²) in [6.45, 7) is 5.75. The van der Waals surface area contributed by atoms with Crippen LogP contribution in [0.25, 0.3) is 0 Å². The largest absolute Gasteiger partial charge is 0.298 e. The lowest BCUT2D eigenvalue weighted by Crippen LogP contribution is -2.51. The fraction of sp³-hybridized carbons (Fsp3) is 0.875. The lowest BCUT2D eigenvalue weighted by Gasteiger charge is -2.33. The molecule has 1 N–H and O–H groups in total. The van der Waals surface area contributed by atoms with E-state index in [9.17, 15) is 13.2 Å². The SMILES string of the molecule is CC(C)(C)C1CC(=O)CS(=O)(=O)N1. The highest BCUT2D eigenvalue weighted by Gasteiger charge is 2.36. The number of rotatable bonds is 0. The summed E-state index contributed by atoms with van der Waals surface area (Å²) in [5, 5.41) is 0. The Morgan fingerprint density at radius 3 is 2.31 bits per heavy atom. The van der Waals surface area contributed by atoms with Gasteiger partial charge in [0.05, 0.1) is 0 Å². The van der Waals surface area contributed by atoms with Gasteiger partial charge in [-0.15, -0.1) is 0 Å². The molecule has 0 bridgehead atoms. The molecule has 13 heavy (non-hydrogen) atoms. The van der Waals surface area contributed by atoms with Crippen molar-refractivity contribution in [2.24, 2.45) is 5.41 Å². The minimum absolute atomic E-state index is 0.196. The summed E-state index contributed by atoms with van der Waals surface area (Å²) >= 11 is 0. The van der Waals surface area contributed by atoms with Gasteiger partial charge in [-0.25, -0.2) is 13.1 Å². The van der Waals surface area contributed by atoms with Gasteiger partial charge in [-0.05, 0) is 5.41 Å². The number of nitrogens with one attached hydrogen (secondary N) is 1. The van der Waals surface area contributed by atoms with E-state index < -0.39 is 10.0 Å². The molecule has 1 fully saturated rings. The van der Waals surface area contributed by atoms with Crippen LogP contribution < -0.4 is 4.72 Å². The normalized spacial score (nSPS) is 28.8. The van der Waals surface area contributed by atoms with E-state index in [1.54, 1.807) is 0 Å². The molecule has 5 heteroatoms. The first-order valence-electron chi connectivity index (χ1n) is 4.22. The Balaban J connectivity index is 2.87. The smallest absolute Gasteiger partial charge is 0.219 e. The molecular weight excluding hydrogens is 190 g/mol. The maximum Gasteiger partial charge on any atom is 0.219 e. The van der Waals surface area contributed by atoms with Crippen molar-refractivity contribution in [1.29, 1.82) is 0 Å². The van der Waals surface area contributed by atoms with Gasteiger partial charge in [-0.3, -0.25) is 4.79 Å². The van der Waals surface area contributed by atoms with Gasteiger partial charge in [0, 0.05) is 12.5 Å². The van der Waals surface area contributed by atoms with Crippen molar-refractivity contribution in [2.45, 2.75) is 33.2 Å². The van der Waals surface area contributed by atoms with E-state index >= 15 is 0 Å². The number of ketones is 1. The molecular formula is C8H15NO3S. The van der Waals surface area contributed by atoms with E-state index in [1.807, 2.05) is 20.8 Å². The summed E-state index contributed by atoms with van der Waals surface area (Å²) in [6.07, 6.45) is 0.308. The molecule has 4 nitrogen and oxygen atoms in total. The highest BCUT2D eigenvalue weighted by molar-refractivity contribution is 7.90. The standard InChI is InChI=1S/C8H15NO3S/c1-8(2,3)7-4-6(10)5-13(11,12)9-7/h7,9H,4-5H2,1-3H3. The first-order valence-corrected chi connectivity index (χ1v) is 5.88. The van der Waals surface area contributed by atoms with Gasteiger partial charge in [0.15, 0.2) is 5.78 Å². The van der Waals surface area contributed by atoms with Gasteiger partial charge < -0.3 is 0 Å². The van der Waals surface area contributed by atoms with Gasteiger partial charge in [-0.2, -0.15) is 0 Å². The van der Waals surface area contributed by atoms with Gasteiger partial charge in [0.1, 0.15) is 5.75 Å². The Hall–Kier alpha value is -0.420. The van der Waals surface area contributed by atoms with Crippen molar-refractivity contribution >= 4 is 15.8 Å². The van der Waals surface area contributed by atoms with E-state index in [-0.39, 0.29) is 23.0 Å². The molecule has 0 amide bonds. The van der Waals surface area contributed by atoms with Gasteiger partial charge in [0.25, 0.3) is 0 Å². The van der Waals surface area contributed by atoms with Gasteiger partial charge in [0.2, 0.25) is 10.0 Å². The molecule has 0 aromatic carbocycles. The average Bonchev–Trinajstić information content (AvgIpc) is 1.79. The monoisotopic (exact) mass is 205 g/mol. The Morgan fingerprint density at radius 2 is 1.92 bits per heavy atom. The topological polar surface area (TPSA) is 63.2 Å². The summed E-state index contributed by atoms with van der Waals surface area (Å²) in [5.41, 5.74) is -0.205. The predicted molar refractivity (Wildman–Crippen MR) is 49.8 cm³/mol. The molecule has 0 aromatic heterocycles. The third-order valence-electron chi connectivity index (χ3n) is 2.15. The fourth-order valence-electron chi connectivity index (χ4n) is 1.28.